The first-order valence-corrected chi connectivity index (χ1v) is 5.93. The van der Waals surface area contributed by atoms with Crippen molar-refractivity contribution in [2.75, 3.05) is 0 Å². The maximum absolute atomic E-state index is 12.8. The van der Waals surface area contributed by atoms with Crippen molar-refractivity contribution >= 4 is 0 Å². The zero-order valence-corrected chi connectivity index (χ0v) is 10.5. The van der Waals surface area contributed by atoms with Crippen LogP contribution in [0.25, 0.3) is 0 Å². The molecule has 18 heavy (non-hydrogen) atoms. The number of halogens is 1. The summed E-state index contributed by atoms with van der Waals surface area (Å²) in [7, 11) is 0. The van der Waals surface area contributed by atoms with E-state index in [1.165, 1.54) is 12.1 Å². The van der Waals surface area contributed by atoms with E-state index < -0.39 is 0 Å². The number of hydrogen-bond donors (Lipinski definition) is 1. The van der Waals surface area contributed by atoms with Gasteiger partial charge in [-0.05, 0) is 31.0 Å². The molecule has 0 aliphatic carbocycles. The van der Waals surface area contributed by atoms with E-state index in [0.29, 0.717) is 18.7 Å². The Morgan fingerprint density at radius 1 is 1.28 bits per heavy atom. The summed E-state index contributed by atoms with van der Waals surface area (Å²) in [5.41, 5.74) is 2.32. The van der Waals surface area contributed by atoms with Crippen LogP contribution >= 0.6 is 0 Å². The van der Waals surface area contributed by atoms with E-state index in [0.717, 1.165) is 16.8 Å². The second-order valence-electron chi connectivity index (χ2n) is 4.23. The van der Waals surface area contributed by atoms with E-state index in [1.807, 2.05) is 13.8 Å². The highest BCUT2D eigenvalue weighted by molar-refractivity contribution is 5.22. The monoisotopic (exact) mass is 246 g/mol. The molecule has 1 aromatic carbocycles. The lowest BCUT2D eigenvalue weighted by molar-refractivity contribution is 0.627. The highest BCUT2D eigenvalue weighted by Crippen LogP contribution is 2.08. The average molecular weight is 246 g/mol. The third-order valence-electron chi connectivity index (χ3n) is 2.91. The van der Waals surface area contributed by atoms with E-state index in [9.17, 15) is 9.18 Å². The van der Waals surface area contributed by atoms with E-state index in [1.54, 1.807) is 12.1 Å². The molecule has 0 amide bonds. The minimum atomic E-state index is -0.266. The van der Waals surface area contributed by atoms with Crippen LogP contribution in [0.4, 0.5) is 4.39 Å². The van der Waals surface area contributed by atoms with Crippen molar-refractivity contribution in [3.8, 4) is 0 Å². The Kier molecular flexibility index (Phi) is 3.55. The second-order valence-corrected chi connectivity index (χ2v) is 4.23. The number of aromatic amines is 1. The molecule has 1 heterocycles. The van der Waals surface area contributed by atoms with Gasteiger partial charge in [0, 0.05) is 17.7 Å². The van der Waals surface area contributed by atoms with Gasteiger partial charge in [0.25, 0.3) is 5.56 Å². The first-order chi connectivity index (χ1) is 8.60. The number of nitrogens with zero attached hydrogens (tertiary/aromatic N) is 1. The van der Waals surface area contributed by atoms with Crippen molar-refractivity contribution in [2.45, 2.75) is 26.7 Å². The molecule has 1 N–H and O–H groups in total. The summed E-state index contributed by atoms with van der Waals surface area (Å²) < 4.78 is 12.8. The normalized spacial score (nSPS) is 10.6. The van der Waals surface area contributed by atoms with E-state index in [2.05, 4.69) is 9.97 Å². The molecule has 0 saturated carbocycles. The number of rotatable bonds is 3. The third-order valence-corrected chi connectivity index (χ3v) is 2.91. The predicted molar refractivity (Wildman–Crippen MR) is 68.2 cm³/mol. The Bertz CT molecular complexity index is 602. The zero-order valence-electron chi connectivity index (χ0n) is 10.5. The highest BCUT2D eigenvalue weighted by Gasteiger charge is 2.06. The van der Waals surface area contributed by atoms with E-state index in [-0.39, 0.29) is 11.4 Å². The molecule has 94 valence electrons. The first kappa shape index (κ1) is 12.5. The molecule has 3 nitrogen and oxygen atoms in total. The van der Waals surface area contributed by atoms with Crippen molar-refractivity contribution in [3.05, 3.63) is 63.1 Å². The minimum absolute atomic E-state index is 0.0814. The van der Waals surface area contributed by atoms with Gasteiger partial charge >= 0.3 is 0 Å². The summed E-state index contributed by atoms with van der Waals surface area (Å²) >= 11 is 0. The van der Waals surface area contributed by atoms with Crippen LogP contribution in [-0.2, 0) is 12.8 Å². The number of H-pyrrole nitrogens is 1. The van der Waals surface area contributed by atoms with Crippen LogP contribution in [0.5, 0.6) is 0 Å². The van der Waals surface area contributed by atoms with Gasteiger partial charge in [-0.25, -0.2) is 9.37 Å². The Morgan fingerprint density at radius 2 is 1.94 bits per heavy atom. The summed E-state index contributed by atoms with van der Waals surface area (Å²) in [5.74, 6) is 0.346. The molecule has 0 aliphatic heterocycles. The van der Waals surface area contributed by atoms with Crippen LogP contribution in [0.1, 0.15) is 29.6 Å². The Hall–Kier alpha value is -1.97. The smallest absolute Gasteiger partial charge is 0.254 e. The molecule has 0 spiro atoms. The van der Waals surface area contributed by atoms with Crippen LogP contribution in [0.3, 0.4) is 0 Å². The highest BCUT2D eigenvalue weighted by atomic mass is 19.1. The van der Waals surface area contributed by atoms with Gasteiger partial charge in [0.05, 0.1) is 0 Å². The lowest BCUT2D eigenvalue weighted by atomic mass is 10.1. The SMILES string of the molecule is CCc1c(C)nc(Cc2ccc(F)cc2)[nH]c1=O. The molecule has 4 heteroatoms. The molecule has 2 rings (SSSR count). The van der Waals surface area contributed by atoms with Gasteiger partial charge in [-0.1, -0.05) is 19.1 Å². The van der Waals surface area contributed by atoms with Crippen molar-refractivity contribution < 1.29 is 4.39 Å². The third kappa shape index (κ3) is 2.64. The van der Waals surface area contributed by atoms with Crippen molar-refractivity contribution in [1.29, 1.82) is 0 Å². The molecule has 2 aromatic rings. The minimum Gasteiger partial charge on any atom is -0.310 e. The van der Waals surface area contributed by atoms with Gasteiger partial charge in [-0.15, -0.1) is 0 Å². The van der Waals surface area contributed by atoms with Gasteiger partial charge in [0.1, 0.15) is 11.6 Å². The van der Waals surface area contributed by atoms with Crippen LogP contribution in [-0.4, -0.2) is 9.97 Å². The maximum atomic E-state index is 12.8. The molecule has 0 unspecified atom stereocenters. The number of hydrogen-bond acceptors (Lipinski definition) is 2. The topological polar surface area (TPSA) is 45.8 Å². The lowest BCUT2D eigenvalue weighted by Crippen LogP contribution is -2.18. The van der Waals surface area contributed by atoms with Gasteiger partial charge in [-0.3, -0.25) is 4.79 Å². The summed E-state index contributed by atoms with van der Waals surface area (Å²) in [4.78, 5) is 18.9. The van der Waals surface area contributed by atoms with Crippen LogP contribution in [0, 0.1) is 12.7 Å². The molecule has 0 aliphatic rings. The summed E-state index contributed by atoms with van der Waals surface area (Å²) in [5, 5.41) is 0. The fourth-order valence-corrected chi connectivity index (χ4v) is 1.96. The molecule has 0 atom stereocenters. The summed E-state index contributed by atoms with van der Waals surface area (Å²) in [6.45, 7) is 3.77. The molecule has 0 saturated heterocycles. The molecular weight excluding hydrogens is 231 g/mol. The predicted octanol–water partition coefficient (Wildman–Crippen LogP) is 2.37. The largest absolute Gasteiger partial charge is 0.310 e. The Balaban J connectivity index is 2.30. The molecule has 0 fully saturated rings. The summed E-state index contributed by atoms with van der Waals surface area (Å²) in [6.07, 6.45) is 1.17. The van der Waals surface area contributed by atoms with Gasteiger partial charge in [-0.2, -0.15) is 0 Å². The Labute approximate surface area is 105 Å². The van der Waals surface area contributed by atoms with Gasteiger partial charge in [0.2, 0.25) is 0 Å². The number of benzene rings is 1. The average Bonchev–Trinajstić information content (AvgIpc) is 2.32. The molecular formula is C14H15FN2O. The van der Waals surface area contributed by atoms with Crippen LogP contribution in [0.2, 0.25) is 0 Å². The van der Waals surface area contributed by atoms with Gasteiger partial charge < -0.3 is 4.98 Å². The van der Waals surface area contributed by atoms with Crippen LogP contribution in [0.15, 0.2) is 29.1 Å². The number of aryl methyl sites for hydroxylation is 1. The van der Waals surface area contributed by atoms with Gasteiger partial charge in [0.15, 0.2) is 0 Å². The number of aromatic nitrogens is 2. The second kappa shape index (κ2) is 5.12. The molecule has 0 bridgehead atoms. The molecule has 0 radical (unpaired) electrons. The zero-order chi connectivity index (χ0) is 13.1. The van der Waals surface area contributed by atoms with Crippen molar-refractivity contribution in [2.24, 2.45) is 0 Å². The van der Waals surface area contributed by atoms with Crippen molar-refractivity contribution in [1.82, 2.24) is 9.97 Å². The lowest BCUT2D eigenvalue weighted by Gasteiger charge is -2.05. The van der Waals surface area contributed by atoms with Crippen molar-refractivity contribution in [3.63, 3.8) is 0 Å². The number of nitrogens with one attached hydrogen (secondary N) is 1. The van der Waals surface area contributed by atoms with Crippen LogP contribution < -0.4 is 5.56 Å². The van der Waals surface area contributed by atoms with E-state index >= 15 is 0 Å². The summed E-state index contributed by atoms with van der Waals surface area (Å²) in [6, 6.07) is 6.19. The quantitative estimate of drug-likeness (QED) is 0.903. The Morgan fingerprint density at radius 3 is 2.50 bits per heavy atom. The van der Waals surface area contributed by atoms with E-state index in [4.69, 9.17) is 0 Å². The maximum Gasteiger partial charge on any atom is 0.254 e. The standard InChI is InChI=1S/C14H15FN2O/c1-3-12-9(2)16-13(17-14(12)18)8-10-4-6-11(15)7-5-10/h4-7H,3,8H2,1-2H3,(H,16,17,18). The fraction of sp³-hybridized carbons (Fsp3) is 0.286. The fourth-order valence-electron chi connectivity index (χ4n) is 1.96. The first-order valence-electron chi connectivity index (χ1n) is 5.93. The molecule has 1 aromatic heterocycles.